The van der Waals surface area contributed by atoms with Crippen LogP contribution in [-0.4, -0.2) is 43.5 Å². The highest BCUT2D eigenvalue weighted by molar-refractivity contribution is 6.31. The maximum absolute atomic E-state index is 13.7. The maximum atomic E-state index is 13.7. The Morgan fingerprint density at radius 1 is 0.917 bits per heavy atom. The van der Waals surface area contributed by atoms with Crippen LogP contribution in [0, 0.1) is 0 Å². The third-order valence-corrected chi connectivity index (χ3v) is 6.36. The topological polar surface area (TPSA) is 67.9 Å². The molecule has 190 valence electrons. The lowest BCUT2D eigenvalue weighted by Gasteiger charge is -2.32. The average Bonchev–Trinajstić information content (AvgIpc) is 2.90. The number of likely N-dealkylation sites (N-methyl/N-ethyl adjacent to an activating group) is 1. The average molecular weight is 509 g/mol. The lowest BCUT2D eigenvalue weighted by atomic mass is 10.0. The number of hydrogen-bond donors (Lipinski definition) is 1. The van der Waals surface area contributed by atoms with Gasteiger partial charge in [0.1, 0.15) is 6.04 Å². The van der Waals surface area contributed by atoms with E-state index in [-0.39, 0.29) is 24.8 Å². The van der Waals surface area contributed by atoms with Crippen molar-refractivity contribution >= 4 is 23.4 Å². The van der Waals surface area contributed by atoms with Crippen LogP contribution in [0.15, 0.2) is 72.8 Å². The van der Waals surface area contributed by atoms with Crippen molar-refractivity contribution in [1.82, 2.24) is 10.2 Å². The predicted molar refractivity (Wildman–Crippen MR) is 142 cm³/mol. The van der Waals surface area contributed by atoms with Gasteiger partial charge in [0.25, 0.3) is 0 Å². The number of amides is 2. The second kappa shape index (κ2) is 13.5. The Morgan fingerprint density at radius 3 is 2.28 bits per heavy atom. The van der Waals surface area contributed by atoms with Crippen molar-refractivity contribution in [1.29, 1.82) is 0 Å². The van der Waals surface area contributed by atoms with Gasteiger partial charge in [-0.15, -0.1) is 0 Å². The third kappa shape index (κ3) is 7.25. The fourth-order valence-electron chi connectivity index (χ4n) is 4.09. The Balaban J connectivity index is 1.89. The summed E-state index contributed by atoms with van der Waals surface area (Å²) >= 11 is 6.45. The normalized spacial score (nSPS) is 11.4. The van der Waals surface area contributed by atoms with Crippen LogP contribution < -0.4 is 14.8 Å². The number of methoxy groups -OCH3 is 2. The summed E-state index contributed by atoms with van der Waals surface area (Å²) < 4.78 is 10.7. The van der Waals surface area contributed by atoms with Gasteiger partial charge in [-0.1, -0.05) is 66.2 Å². The summed E-state index contributed by atoms with van der Waals surface area (Å²) in [5.74, 6) is 0.927. The molecular formula is C29H33ClN2O4. The smallest absolute Gasteiger partial charge is 0.243 e. The molecule has 0 bridgehead atoms. The molecule has 1 atom stereocenters. The zero-order chi connectivity index (χ0) is 25.9. The molecule has 7 heteroatoms. The molecule has 3 rings (SSSR count). The number of hydrogen-bond acceptors (Lipinski definition) is 4. The number of carbonyl (C=O) groups excluding carboxylic acids is 2. The van der Waals surface area contributed by atoms with Gasteiger partial charge in [-0.3, -0.25) is 9.59 Å². The van der Waals surface area contributed by atoms with E-state index in [4.69, 9.17) is 21.1 Å². The maximum Gasteiger partial charge on any atom is 0.243 e. The number of carbonyl (C=O) groups is 2. The van der Waals surface area contributed by atoms with Gasteiger partial charge < -0.3 is 19.7 Å². The van der Waals surface area contributed by atoms with Gasteiger partial charge in [0.05, 0.1) is 14.2 Å². The fraction of sp³-hybridized carbons (Fsp3) is 0.310. The van der Waals surface area contributed by atoms with E-state index in [0.717, 1.165) is 16.7 Å². The van der Waals surface area contributed by atoms with E-state index >= 15 is 0 Å². The highest BCUT2D eigenvalue weighted by Gasteiger charge is 2.30. The highest BCUT2D eigenvalue weighted by atomic mass is 35.5. The number of benzene rings is 3. The van der Waals surface area contributed by atoms with Crippen LogP contribution in [0.5, 0.6) is 11.5 Å². The van der Waals surface area contributed by atoms with Gasteiger partial charge in [-0.05, 0) is 48.2 Å². The van der Waals surface area contributed by atoms with Gasteiger partial charge >= 0.3 is 0 Å². The molecule has 0 saturated carbocycles. The first kappa shape index (κ1) is 27.1. The molecule has 2 amide bonds. The number of ether oxygens (including phenoxy) is 2. The largest absolute Gasteiger partial charge is 0.493 e. The van der Waals surface area contributed by atoms with Crippen molar-refractivity contribution in [2.75, 3.05) is 20.8 Å². The molecule has 1 N–H and O–H groups in total. The molecule has 36 heavy (non-hydrogen) atoms. The minimum atomic E-state index is -0.679. The second-order valence-electron chi connectivity index (χ2n) is 8.40. The number of aryl methyl sites for hydroxylation is 1. The molecule has 1 unspecified atom stereocenters. The summed E-state index contributed by atoms with van der Waals surface area (Å²) in [6.07, 6.45) is 1.12. The van der Waals surface area contributed by atoms with E-state index in [2.05, 4.69) is 5.32 Å². The van der Waals surface area contributed by atoms with E-state index in [0.29, 0.717) is 35.9 Å². The van der Waals surface area contributed by atoms with Crippen LogP contribution in [0.4, 0.5) is 0 Å². The van der Waals surface area contributed by atoms with E-state index in [1.54, 1.807) is 25.2 Å². The van der Waals surface area contributed by atoms with Gasteiger partial charge in [0.15, 0.2) is 11.5 Å². The third-order valence-electron chi connectivity index (χ3n) is 6.00. The van der Waals surface area contributed by atoms with Crippen molar-refractivity contribution < 1.29 is 19.1 Å². The first-order chi connectivity index (χ1) is 17.5. The van der Waals surface area contributed by atoms with Gasteiger partial charge in [-0.25, -0.2) is 0 Å². The van der Waals surface area contributed by atoms with Crippen LogP contribution in [0.1, 0.15) is 30.0 Å². The van der Waals surface area contributed by atoms with Crippen LogP contribution in [-0.2, 0) is 29.0 Å². The summed E-state index contributed by atoms with van der Waals surface area (Å²) in [5.41, 5.74) is 2.71. The van der Waals surface area contributed by atoms with E-state index in [9.17, 15) is 9.59 Å². The fourth-order valence-corrected chi connectivity index (χ4v) is 4.28. The Labute approximate surface area is 218 Å². The van der Waals surface area contributed by atoms with Gasteiger partial charge in [-0.2, -0.15) is 0 Å². The van der Waals surface area contributed by atoms with E-state index in [1.165, 1.54) is 0 Å². The molecule has 3 aromatic carbocycles. The van der Waals surface area contributed by atoms with Crippen LogP contribution in [0.3, 0.4) is 0 Å². The molecule has 0 radical (unpaired) electrons. The Morgan fingerprint density at radius 2 is 1.61 bits per heavy atom. The molecule has 3 aromatic rings. The molecule has 0 aliphatic heterocycles. The van der Waals surface area contributed by atoms with Crippen molar-refractivity contribution in [3.05, 3.63) is 94.5 Å². The van der Waals surface area contributed by atoms with Crippen molar-refractivity contribution in [3.8, 4) is 11.5 Å². The summed E-state index contributed by atoms with van der Waals surface area (Å²) in [7, 11) is 3.17. The summed E-state index contributed by atoms with van der Waals surface area (Å²) in [5, 5.41) is 3.47. The number of halogens is 1. The number of nitrogens with zero attached hydrogens (tertiary/aromatic N) is 1. The van der Waals surface area contributed by atoms with E-state index < -0.39 is 6.04 Å². The first-order valence-electron chi connectivity index (χ1n) is 12.0. The molecule has 0 aliphatic carbocycles. The van der Waals surface area contributed by atoms with Crippen molar-refractivity contribution in [3.63, 3.8) is 0 Å². The van der Waals surface area contributed by atoms with Crippen LogP contribution in [0.2, 0.25) is 5.02 Å². The van der Waals surface area contributed by atoms with Gasteiger partial charge in [0, 0.05) is 31.0 Å². The van der Waals surface area contributed by atoms with Crippen LogP contribution >= 0.6 is 11.6 Å². The Bertz CT molecular complexity index is 1150. The zero-order valence-corrected chi connectivity index (χ0v) is 21.8. The highest BCUT2D eigenvalue weighted by Crippen LogP contribution is 2.28. The standard InChI is InChI=1S/C29H33ClN2O4/c1-4-31-29(34)25(18-21-10-6-5-7-11-21)32(20-23-12-8-9-13-24(23)30)28(33)17-15-22-14-16-26(35-2)27(19-22)36-3/h5-14,16,19,25H,4,15,17-18,20H2,1-3H3,(H,31,34). The number of nitrogens with one attached hydrogen (secondary N) is 1. The quantitative estimate of drug-likeness (QED) is 0.371. The monoisotopic (exact) mass is 508 g/mol. The summed E-state index contributed by atoms with van der Waals surface area (Å²) in [6, 6.07) is 22.1. The Hall–Kier alpha value is -3.51. The minimum absolute atomic E-state index is 0.128. The first-order valence-corrected chi connectivity index (χ1v) is 12.4. The molecule has 6 nitrogen and oxygen atoms in total. The van der Waals surface area contributed by atoms with Crippen molar-refractivity contribution in [2.45, 2.75) is 38.8 Å². The van der Waals surface area contributed by atoms with Crippen molar-refractivity contribution in [2.24, 2.45) is 0 Å². The molecule has 0 heterocycles. The zero-order valence-electron chi connectivity index (χ0n) is 21.0. The molecule has 0 aromatic heterocycles. The predicted octanol–water partition coefficient (Wildman–Crippen LogP) is 5.07. The Kier molecular flexibility index (Phi) is 10.2. The molecule has 0 fully saturated rings. The minimum Gasteiger partial charge on any atom is -0.493 e. The number of rotatable bonds is 12. The molecule has 0 aliphatic rings. The van der Waals surface area contributed by atoms with E-state index in [1.807, 2.05) is 73.7 Å². The lowest BCUT2D eigenvalue weighted by molar-refractivity contribution is -0.141. The SMILES string of the molecule is CCNC(=O)C(Cc1ccccc1)N(Cc1ccccc1Cl)C(=O)CCc1ccc(OC)c(OC)c1. The summed E-state index contributed by atoms with van der Waals surface area (Å²) in [6.45, 7) is 2.58. The lowest BCUT2D eigenvalue weighted by Crippen LogP contribution is -2.50. The molecular weight excluding hydrogens is 476 g/mol. The van der Waals surface area contributed by atoms with Gasteiger partial charge in [0.2, 0.25) is 11.8 Å². The second-order valence-corrected chi connectivity index (χ2v) is 8.81. The van der Waals surface area contributed by atoms with Crippen LogP contribution in [0.25, 0.3) is 0 Å². The summed E-state index contributed by atoms with van der Waals surface area (Å²) in [4.78, 5) is 28.6. The molecule has 0 spiro atoms. The molecule has 0 saturated heterocycles.